The molecule has 10 heteroatoms. The largest absolute Gasteiger partial charge is 0.497 e. The van der Waals surface area contributed by atoms with Crippen LogP contribution in [0.4, 0.5) is 5.69 Å². The molecule has 162 valence electrons. The van der Waals surface area contributed by atoms with Gasteiger partial charge >= 0.3 is 0 Å². The molecule has 0 unspecified atom stereocenters. The van der Waals surface area contributed by atoms with E-state index < -0.39 is 38.4 Å². The number of anilines is 1. The van der Waals surface area contributed by atoms with Crippen LogP contribution in [0.1, 0.15) is 12.0 Å². The number of carbonyl (C=O) groups excluding carboxylic acids is 1. The maximum absolute atomic E-state index is 13.3. The summed E-state index contributed by atoms with van der Waals surface area (Å²) in [5, 5.41) is 2.64. The second-order valence-electron chi connectivity index (χ2n) is 7.19. The lowest BCUT2D eigenvalue weighted by Gasteiger charge is -2.25. The van der Waals surface area contributed by atoms with Crippen LogP contribution in [0.5, 0.6) is 5.75 Å². The van der Waals surface area contributed by atoms with Gasteiger partial charge in [-0.2, -0.15) is 0 Å². The quantitative estimate of drug-likeness (QED) is 0.682. The fourth-order valence-corrected chi connectivity index (χ4v) is 6.31. The fourth-order valence-electron chi connectivity index (χ4n) is 3.21. The van der Waals surface area contributed by atoms with Crippen molar-refractivity contribution in [2.75, 3.05) is 29.5 Å². The van der Waals surface area contributed by atoms with Crippen LogP contribution >= 0.6 is 0 Å². The summed E-state index contributed by atoms with van der Waals surface area (Å²) in [6.45, 7) is 1.37. The molecule has 1 amide bonds. The van der Waals surface area contributed by atoms with E-state index in [1.807, 2.05) is 6.92 Å². The average Bonchev–Trinajstić information content (AvgIpc) is 3.04. The van der Waals surface area contributed by atoms with Crippen LogP contribution in [0.3, 0.4) is 0 Å². The average molecular weight is 453 g/mol. The highest BCUT2D eigenvalue weighted by Gasteiger charge is 2.31. The third-order valence-electron chi connectivity index (χ3n) is 4.85. The van der Waals surface area contributed by atoms with Gasteiger partial charge in [-0.1, -0.05) is 17.7 Å². The van der Waals surface area contributed by atoms with E-state index in [-0.39, 0.29) is 16.4 Å². The highest BCUT2D eigenvalue weighted by molar-refractivity contribution is 7.93. The zero-order valence-corrected chi connectivity index (χ0v) is 18.4. The third-order valence-corrected chi connectivity index (χ3v) is 8.41. The Morgan fingerprint density at radius 1 is 1.13 bits per heavy atom. The first-order valence-corrected chi connectivity index (χ1v) is 12.6. The summed E-state index contributed by atoms with van der Waals surface area (Å²) >= 11 is 0. The van der Waals surface area contributed by atoms with Gasteiger partial charge in [0.1, 0.15) is 12.3 Å². The predicted molar refractivity (Wildman–Crippen MR) is 114 cm³/mol. The first kappa shape index (κ1) is 22.1. The van der Waals surface area contributed by atoms with Gasteiger partial charge in [-0.15, -0.1) is 0 Å². The second-order valence-corrected chi connectivity index (χ2v) is 11.3. The van der Waals surface area contributed by atoms with Crippen LogP contribution in [-0.2, 0) is 24.7 Å². The van der Waals surface area contributed by atoms with Crippen LogP contribution < -0.4 is 14.4 Å². The number of nitrogens with one attached hydrogen (secondary N) is 1. The standard InChI is InChI=1S/C20H24N2O6S2/c1-15-3-9-19(10-4-15)30(26,27)22(17-5-7-18(28-2)8-6-17)13-20(23)21-16-11-12-29(24,25)14-16/h3-10,16H,11-14H2,1-2H3,(H,21,23)/t16-/m0/s1. The van der Waals surface area contributed by atoms with Gasteiger partial charge in [-0.05, 0) is 49.7 Å². The summed E-state index contributed by atoms with van der Waals surface area (Å²) in [6, 6.07) is 12.1. The first-order chi connectivity index (χ1) is 14.1. The molecule has 0 radical (unpaired) electrons. The number of nitrogens with zero attached hydrogens (tertiary/aromatic N) is 1. The molecule has 0 aromatic heterocycles. The Kier molecular flexibility index (Phi) is 6.37. The smallest absolute Gasteiger partial charge is 0.264 e. The number of methoxy groups -OCH3 is 1. The minimum absolute atomic E-state index is 0.0157. The number of sulfonamides is 1. The monoisotopic (exact) mass is 452 g/mol. The van der Waals surface area contributed by atoms with Crippen molar-refractivity contribution >= 4 is 31.5 Å². The molecule has 0 saturated carbocycles. The summed E-state index contributed by atoms with van der Waals surface area (Å²) < 4.78 is 56.0. The van der Waals surface area contributed by atoms with Crippen LogP contribution in [0.2, 0.25) is 0 Å². The summed E-state index contributed by atoms with van der Waals surface area (Å²) in [5.74, 6) is -0.135. The number of hydrogen-bond donors (Lipinski definition) is 1. The number of aryl methyl sites for hydroxylation is 1. The lowest BCUT2D eigenvalue weighted by Crippen LogP contribution is -2.44. The molecular formula is C20H24N2O6S2. The van der Waals surface area contributed by atoms with Crippen LogP contribution in [0.15, 0.2) is 53.4 Å². The minimum Gasteiger partial charge on any atom is -0.497 e. The number of sulfone groups is 1. The number of rotatable bonds is 7. The zero-order chi connectivity index (χ0) is 21.9. The molecule has 8 nitrogen and oxygen atoms in total. The number of carbonyl (C=O) groups is 1. The van der Waals surface area contributed by atoms with Gasteiger partial charge in [0.2, 0.25) is 5.91 Å². The van der Waals surface area contributed by atoms with Crippen molar-refractivity contribution in [2.24, 2.45) is 0 Å². The van der Waals surface area contributed by atoms with Gasteiger partial charge in [0, 0.05) is 6.04 Å². The lowest BCUT2D eigenvalue weighted by atomic mass is 10.2. The molecule has 2 aromatic carbocycles. The number of hydrogen-bond acceptors (Lipinski definition) is 6. The molecule has 1 heterocycles. The second kappa shape index (κ2) is 8.65. The Morgan fingerprint density at radius 2 is 1.77 bits per heavy atom. The number of ether oxygens (including phenoxy) is 1. The Labute approximate surface area is 176 Å². The van der Waals surface area contributed by atoms with Crippen molar-refractivity contribution in [2.45, 2.75) is 24.3 Å². The van der Waals surface area contributed by atoms with E-state index >= 15 is 0 Å². The zero-order valence-electron chi connectivity index (χ0n) is 16.7. The van der Waals surface area contributed by atoms with E-state index in [0.29, 0.717) is 17.9 Å². The van der Waals surface area contributed by atoms with Crippen molar-refractivity contribution in [3.8, 4) is 5.75 Å². The van der Waals surface area contributed by atoms with E-state index in [4.69, 9.17) is 4.74 Å². The van der Waals surface area contributed by atoms with Crippen molar-refractivity contribution in [1.29, 1.82) is 0 Å². The molecule has 1 atom stereocenters. The molecule has 2 aromatic rings. The van der Waals surface area contributed by atoms with Crippen molar-refractivity contribution in [3.05, 3.63) is 54.1 Å². The van der Waals surface area contributed by atoms with Crippen LogP contribution in [0, 0.1) is 6.92 Å². The molecule has 1 aliphatic rings. The van der Waals surface area contributed by atoms with Crippen LogP contribution in [0.25, 0.3) is 0 Å². The van der Waals surface area contributed by atoms with Crippen LogP contribution in [-0.4, -0.2) is 53.9 Å². The summed E-state index contributed by atoms with van der Waals surface area (Å²) in [5.41, 5.74) is 1.20. The van der Waals surface area contributed by atoms with E-state index in [9.17, 15) is 21.6 Å². The maximum atomic E-state index is 13.3. The molecule has 30 heavy (non-hydrogen) atoms. The Hall–Kier alpha value is -2.59. The topological polar surface area (TPSA) is 110 Å². The molecule has 0 spiro atoms. The van der Waals surface area contributed by atoms with E-state index in [0.717, 1.165) is 9.87 Å². The van der Waals surface area contributed by atoms with Crippen molar-refractivity contribution in [3.63, 3.8) is 0 Å². The molecule has 1 fully saturated rings. The highest BCUT2D eigenvalue weighted by Crippen LogP contribution is 2.26. The van der Waals surface area contributed by atoms with Gasteiger partial charge < -0.3 is 10.1 Å². The minimum atomic E-state index is -4.03. The SMILES string of the molecule is COc1ccc(N(CC(=O)N[C@H]2CCS(=O)(=O)C2)S(=O)(=O)c2ccc(C)cc2)cc1. The third kappa shape index (κ3) is 5.11. The first-order valence-electron chi connectivity index (χ1n) is 9.34. The molecule has 0 aliphatic carbocycles. The van der Waals surface area contributed by atoms with Gasteiger partial charge in [0.05, 0.1) is 29.2 Å². The van der Waals surface area contributed by atoms with Crippen molar-refractivity contribution in [1.82, 2.24) is 5.32 Å². The Bertz CT molecular complexity index is 1110. The Balaban J connectivity index is 1.89. The van der Waals surface area contributed by atoms with E-state index in [2.05, 4.69) is 5.32 Å². The predicted octanol–water partition coefficient (Wildman–Crippen LogP) is 1.50. The highest BCUT2D eigenvalue weighted by atomic mass is 32.2. The van der Waals surface area contributed by atoms with Gasteiger partial charge in [0.15, 0.2) is 9.84 Å². The van der Waals surface area contributed by atoms with Gasteiger partial charge in [0.25, 0.3) is 10.0 Å². The molecule has 0 bridgehead atoms. The molecule has 3 rings (SSSR count). The summed E-state index contributed by atoms with van der Waals surface area (Å²) in [6.07, 6.45) is 0.321. The lowest BCUT2D eigenvalue weighted by molar-refractivity contribution is -0.120. The van der Waals surface area contributed by atoms with Gasteiger partial charge in [-0.3, -0.25) is 9.10 Å². The van der Waals surface area contributed by atoms with Crippen molar-refractivity contribution < 1.29 is 26.4 Å². The van der Waals surface area contributed by atoms with E-state index in [1.54, 1.807) is 36.4 Å². The maximum Gasteiger partial charge on any atom is 0.264 e. The number of benzene rings is 2. The Morgan fingerprint density at radius 3 is 2.30 bits per heavy atom. The molecular weight excluding hydrogens is 428 g/mol. The van der Waals surface area contributed by atoms with E-state index in [1.165, 1.54) is 19.2 Å². The molecule has 1 aliphatic heterocycles. The summed E-state index contributed by atoms with van der Waals surface area (Å²) in [4.78, 5) is 12.7. The molecule has 1 N–H and O–H groups in total. The number of amides is 1. The molecule has 1 saturated heterocycles. The normalized spacial score (nSPS) is 18.0. The van der Waals surface area contributed by atoms with Gasteiger partial charge in [-0.25, -0.2) is 16.8 Å². The fraction of sp³-hybridized carbons (Fsp3) is 0.350. The summed E-state index contributed by atoms with van der Waals surface area (Å²) in [7, 11) is -5.69.